The van der Waals surface area contributed by atoms with Gasteiger partial charge in [-0.1, -0.05) is 46.3 Å². The van der Waals surface area contributed by atoms with Crippen molar-refractivity contribution in [1.82, 2.24) is 5.32 Å². The van der Waals surface area contributed by atoms with Crippen molar-refractivity contribution in [2.75, 3.05) is 26.5 Å². The fraction of sp³-hybridized carbons (Fsp3) is 0.316. The Morgan fingerprint density at radius 1 is 1.12 bits per heavy atom. The number of hydrogen-bond acceptors (Lipinski definition) is 4. The lowest BCUT2D eigenvalue weighted by Crippen LogP contribution is -2.27. The molecule has 0 aliphatic rings. The van der Waals surface area contributed by atoms with E-state index in [1.807, 2.05) is 42.1 Å². The third-order valence-corrected chi connectivity index (χ3v) is 5.35. The summed E-state index contributed by atoms with van der Waals surface area (Å²) >= 11 is 5.29. The molecule has 0 aromatic heterocycles. The molecule has 0 heterocycles. The summed E-state index contributed by atoms with van der Waals surface area (Å²) in [6, 6.07) is 14.0. The summed E-state index contributed by atoms with van der Waals surface area (Å²) in [5, 5.41) is 2.96. The van der Waals surface area contributed by atoms with E-state index < -0.39 is 0 Å². The van der Waals surface area contributed by atoms with Gasteiger partial charge in [0.25, 0.3) is 0 Å². The second-order valence-corrected chi connectivity index (χ2v) is 7.32. The minimum atomic E-state index is -0.00627. The van der Waals surface area contributed by atoms with Gasteiger partial charge in [-0.25, -0.2) is 0 Å². The first-order chi connectivity index (χ1) is 12.1. The maximum Gasteiger partial charge on any atom is 0.224 e. The van der Waals surface area contributed by atoms with Crippen LogP contribution < -0.4 is 14.8 Å². The van der Waals surface area contributed by atoms with Crippen LogP contribution in [0.15, 0.2) is 46.9 Å². The Morgan fingerprint density at radius 3 is 2.48 bits per heavy atom. The summed E-state index contributed by atoms with van der Waals surface area (Å²) < 4.78 is 11.4. The van der Waals surface area contributed by atoms with Crippen molar-refractivity contribution in [2.45, 2.75) is 12.2 Å². The van der Waals surface area contributed by atoms with Gasteiger partial charge >= 0.3 is 0 Å². The Hall–Kier alpha value is -1.66. The largest absolute Gasteiger partial charge is 0.493 e. The van der Waals surface area contributed by atoms with Crippen molar-refractivity contribution in [3.05, 3.63) is 58.1 Å². The number of rotatable bonds is 9. The maximum atomic E-state index is 12.1. The molecular formula is C19H22BrNO3S. The third-order valence-electron chi connectivity index (χ3n) is 3.58. The normalized spacial score (nSPS) is 10.4. The quantitative estimate of drug-likeness (QED) is 0.617. The first-order valence-electron chi connectivity index (χ1n) is 7.92. The van der Waals surface area contributed by atoms with E-state index in [0.29, 0.717) is 24.5 Å². The average Bonchev–Trinajstić information content (AvgIpc) is 2.63. The Kier molecular flexibility index (Phi) is 8.15. The topological polar surface area (TPSA) is 47.6 Å². The van der Waals surface area contributed by atoms with Crippen LogP contribution in [0, 0.1) is 0 Å². The molecule has 0 bridgehead atoms. The molecule has 25 heavy (non-hydrogen) atoms. The van der Waals surface area contributed by atoms with Gasteiger partial charge in [0.1, 0.15) is 0 Å². The highest BCUT2D eigenvalue weighted by atomic mass is 79.9. The molecule has 6 heteroatoms. The van der Waals surface area contributed by atoms with Crippen LogP contribution in [0.3, 0.4) is 0 Å². The van der Waals surface area contributed by atoms with E-state index in [1.165, 1.54) is 5.56 Å². The molecule has 134 valence electrons. The molecule has 0 radical (unpaired) electrons. The second-order valence-electron chi connectivity index (χ2n) is 5.36. The molecule has 2 rings (SSSR count). The lowest BCUT2D eigenvalue weighted by molar-refractivity contribution is -0.120. The van der Waals surface area contributed by atoms with Crippen molar-refractivity contribution in [3.63, 3.8) is 0 Å². The zero-order chi connectivity index (χ0) is 18.1. The highest BCUT2D eigenvalue weighted by Gasteiger charge is 2.12. The van der Waals surface area contributed by atoms with Gasteiger partial charge in [-0.05, 0) is 23.3 Å². The Bertz CT molecular complexity index is 695. The molecule has 0 atom stereocenters. The zero-order valence-corrected chi connectivity index (χ0v) is 16.8. The van der Waals surface area contributed by atoms with Crippen molar-refractivity contribution in [3.8, 4) is 11.5 Å². The summed E-state index contributed by atoms with van der Waals surface area (Å²) in [6.45, 7) is 0.654. The first kappa shape index (κ1) is 19.7. The van der Waals surface area contributed by atoms with Crippen LogP contribution >= 0.6 is 27.7 Å². The van der Waals surface area contributed by atoms with E-state index in [4.69, 9.17) is 9.47 Å². The van der Waals surface area contributed by atoms with Crippen molar-refractivity contribution >= 4 is 33.6 Å². The number of benzene rings is 2. The van der Waals surface area contributed by atoms with E-state index in [9.17, 15) is 4.79 Å². The first-order valence-corrected chi connectivity index (χ1v) is 9.87. The lowest BCUT2D eigenvalue weighted by atomic mass is 10.1. The lowest BCUT2D eigenvalue weighted by Gasteiger charge is -2.12. The van der Waals surface area contributed by atoms with Gasteiger partial charge in [0.15, 0.2) is 11.5 Å². The number of carbonyl (C=O) groups excluding carboxylic acids is 1. The van der Waals surface area contributed by atoms with E-state index in [0.717, 1.165) is 21.5 Å². The van der Waals surface area contributed by atoms with E-state index in [2.05, 4.69) is 33.4 Å². The highest BCUT2D eigenvalue weighted by Crippen LogP contribution is 2.33. The van der Waals surface area contributed by atoms with Gasteiger partial charge in [0, 0.05) is 22.5 Å². The molecule has 0 unspecified atom stereocenters. The number of carbonyl (C=O) groups is 1. The second kappa shape index (κ2) is 10.4. The molecule has 2 aromatic carbocycles. The number of halogens is 1. The molecule has 0 spiro atoms. The third kappa shape index (κ3) is 6.29. The fourth-order valence-corrected chi connectivity index (χ4v) is 3.58. The number of ether oxygens (including phenoxy) is 2. The van der Waals surface area contributed by atoms with Crippen molar-refractivity contribution < 1.29 is 14.3 Å². The molecule has 2 aromatic rings. The highest BCUT2D eigenvalue weighted by molar-refractivity contribution is 9.10. The van der Waals surface area contributed by atoms with E-state index in [-0.39, 0.29) is 5.91 Å². The van der Waals surface area contributed by atoms with E-state index in [1.54, 1.807) is 14.2 Å². The molecule has 0 aliphatic carbocycles. The standard InChI is InChI=1S/C19H22BrNO3S/c1-23-17-10-15(16(20)12-18(17)24-2)11-19(22)21-8-9-25-13-14-6-4-3-5-7-14/h3-7,10,12H,8-9,11,13H2,1-2H3,(H,21,22). The number of methoxy groups -OCH3 is 2. The number of nitrogens with one attached hydrogen (secondary N) is 1. The van der Waals surface area contributed by atoms with Crippen LogP contribution in [0.25, 0.3) is 0 Å². The maximum absolute atomic E-state index is 12.1. The van der Waals surface area contributed by atoms with E-state index >= 15 is 0 Å². The van der Waals surface area contributed by atoms with Gasteiger partial charge in [0.2, 0.25) is 5.91 Å². The molecule has 0 saturated carbocycles. The molecular weight excluding hydrogens is 402 g/mol. The SMILES string of the molecule is COc1cc(Br)c(CC(=O)NCCSCc2ccccc2)cc1OC. The Labute approximate surface area is 161 Å². The van der Waals surface area contributed by atoms with Crippen LogP contribution in [0.4, 0.5) is 0 Å². The van der Waals surface area contributed by atoms with Gasteiger partial charge in [-0.2, -0.15) is 11.8 Å². The minimum Gasteiger partial charge on any atom is -0.493 e. The number of hydrogen-bond donors (Lipinski definition) is 1. The Balaban J connectivity index is 1.76. The molecule has 1 N–H and O–H groups in total. The van der Waals surface area contributed by atoms with Gasteiger partial charge in [-0.3, -0.25) is 4.79 Å². The van der Waals surface area contributed by atoms with Gasteiger partial charge in [0.05, 0.1) is 20.6 Å². The smallest absolute Gasteiger partial charge is 0.224 e. The predicted molar refractivity (Wildman–Crippen MR) is 107 cm³/mol. The van der Waals surface area contributed by atoms with Crippen LogP contribution in [-0.4, -0.2) is 32.4 Å². The van der Waals surface area contributed by atoms with Gasteiger partial charge in [-0.15, -0.1) is 0 Å². The monoisotopic (exact) mass is 423 g/mol. The van der Waals surface area contributed by atoms with Crippen LogP contribution in [0.5, 0.6) is 11.5 Å². The molecule has 0 saturated heterocycles. The van der Waals surface area contributed by atoms with Crippen molar-refractivity contribution in [1.29, 1.82) is 0 Å². The number of amides is 1. The number of thioether (sulfide) groups is 1. The Morgan fingerprint density at radius 2 is 1.80 bits per heavy atom. The zero-order valence-electron chi connectivity index (χ0n) is 14.4. The minimum absolute atomic E-state index is 0.00627. The summed E-state index contributed by atoms with van der Waals surface area (Å²) in [7, 11) is 3.17. The summed E-state index contributed by atoms with van der Waals surface area (Å²) in [5.41, 5.74) is 2.17. The van der Waals surface area contributed by atoms with Gasteiger partial charge < -0.3 is 14.8 Å². The fourth-order valence-electron chi connectivity index (χ4n) is 2.29. The van der Waals surface area contributed by atoms with Crippen LogP contribution in [0.1, 0.15) is 11.1 Å². The molecule has 4 nitrogen and oxygen atoms in total. The molecule has 0 fully saturated rings. The predicted octanol–water partition coefficient (Wildman–Crippen LogP) is 4.06. The molecule has 0 aliphatic heterocycles. The summed E-state index contributed by atoms with van der Waals surface area (Å²) in [4.78, 5) is 12.1. The van der Waals surface area contributed by atoms with Crippen LogP contribution in [-0.2, 0) is 17.0 Å². The van der Waals surface area contributed by atoms with Crippen molar-refractivity contribution in [2.24, 2.45) is 0 Å². The summed E-state index contributed by atoms with van der Waals surface area (Å²) in [6.07, 6.45) is 0.296. The average molecular weight is 424 g/mol. The van der Waals surface area contributed by atoms with Crippen LogP contribution in [0.2, 0.25) is 0 Å². The molecule has 1 amide bonds. The summed E-state index contributed by atoms with van der Waals surface area (Å²) in [5.74, 6) is 3.09.